The monoisotopic (exact) mass is 400 g/mol. The third kappa shape index (κ3) is 5.19. The Labute approximate surface area is 165 Å². The molecule has 150 valence electrons. The van der Waals surface area contributed by atoms with Crippen molar-refractivity contribution in [3.63, 3.8) is 0 Å². The number of anilines is 2. The van der Waals surface area contributed by atoms with Gasteiger partial charge in [0, 0.05) is 11.8 Å². The number of ether oxygens (including phenoxy) is 1. The van der Waals surface area contributed by atoms with Crippen LogP contribution in [0.25, 0.3) is 0 Å². The molecule has 1 heterocycles. The quantitative estimate of drug-likeness (QED) is 0.576. The van der Waals surface area contributed by atoms with E-state index in [0.29, 0.717) is 24.1 Å². The lowest BCUT2D eigenvalue weighted by Crippen LogP contribution is -2.30. The smallest absolute Gasteiger partial charge is 0.341 e. The van der Waals surface area contributed by atoms with Crippen molar-refractivity contribution in [3.05, 3.63) is 83.8 Å². The standard InChI is InChI=1S/C21H18F2N2O4/c1-13(20(26)25-19-9-8-14(22)11-17(19)23)29-21(27)16-6-2-3-7-18(16)24-12-15-5-4-10-28-15/h2-11,13,24H,12H2,1H3,(H,25,26)/t13-/m1/s1. The molecular weight excluding hydrogens is 382 g/mol. The first kappa shape index (κ1) is 20.1. The van der Waals surface area contributed by atoms with Crippen LogP contribution in [0.15, 0.2) is 65.3 Å². The number of carbonyl (C=O) groups excluding carboxylic acids is 2. The summed E-state index contributed by atoms with van der Waals surface area (Å²) in [6.07, 6.45) is 0.339. The molecule has 3 rings (SSSR count). The van der Waals surface area contributed by atoms with Gasteiger partial charge in [0.2, 0.25) is 0 Å². The van der Waals surface area contributed by atoms with Gasteiger partial charge in [-0.25, -0.2) is 13.6 Å². The van der Waals surface area contributed by atoms with Crippen LogP contribution < -0.4 is 10.6 Å². The molecule has 3 aromatic rings. The van der Waals surface area contributed by atoms with Crippen LogP contribution in [0.2, 0.25) is 0 Å². The maximum atomic E-state index is 13.7. The Bertz CT molecular complexity index is 1010. The molecule has 0 saturated carbocycles. The summed E-state index contributed by atoms with van der Waals surface area (Å²) in [7, 11) is 0. The van der Waals surface area contributed by atoms with Crippen molar-refractivity contribution in [3.8, 4) is 0 Å². The Morgan fingerprint density at radius 2 is 1.86 bits per heavy atom. The maximum absolute atomic E-state index is 13.7. The van der Waals surface area contributed by atoms with Crippen LogP contribution in [0, 0.1) is 11.6 Å². The molecule has 2 aromatic carbocycles. The summed E-state index contributed by atoms with van der Waals surface area (Å²) in [6, 6.07) is 12.9. The highest BCUT2D eigenvalue weighted by molar-refractivity contribution is 5.99. The minimum absolute atomic E-state index is 0.209. The molecule has 1 amide bonds. The molecule has 1 atom stereocenters. The second kappa shape index (κ2) is 9.01. The molecule has 0 bridgehead atoms. The van der Waals surface area contributed by atoms with Gasteiger partial charge in [0.1, 0.15) is 17.4 Å². The number of esters is 1. The number of benzene rings is 2. The molecule has 29 heavy (non-hydrogen) atoms. The molecule has 6 nitrogen and oxygen atoms in total. The summed E-state index contributed by atoms with van der Waals surface area (Å²) in [6.45, 7) is 1.71. The normalized spacial score (nSPS) is 11.6. The first-order chi connectivity index (χ1) is 13.9. The van der Waals surface area contributed by atoms with E-state index < -0.39 is 29.6 Å². The minimum atomic E-state index is -1.20. The van der Waals surface area contributed by atoms with Crippen LogP contribution in [0.3, 0.4) is 0 Å². The third-order valence-electron chi connectivity index (χ3n) is 4.02. The highest BCUT2D eigenvalue weighted by Gasteiger charge is 2.22. The average molecular weight is 400 g/mol. The summed E-state index contributed by atoms with van der Waals surface area (Å²) in [4.78, 5) is 24.7. The summed E-state index contributed by atoms with van der Waals surface area (Å²) in [5, 5.41) is 5.34. The van der Waals surface area contributed by atoms with Crippen LogP contribution in [-0.4, -0.2) is 18.0 Å². The van der Waals surface area contributed by atoms with Crippen LogP contribution in [-0.2, 0) is 16.1 Å². The van der Waals surface area contributed by atoms with Gasteiger partial charge in [0.15, 0.2) is 6.10 Å². The number of nitrogens with one attached hydrogen (secondary N) is 2. The number of hydrogen-bond donors (Lipinski definition) is 2. The highest BCUT2D eigenvalue weighted by Crippen LogP contribution is 2.19. The predicted octanol–water partition coefficient (Wildman–Crippen LogP) is 4.35. The first-order valence-corrected chi connectivity index (χ1v) is 8.76. The summed E-state index contributed by atoms with van der Waals surface area (Å²) in [5.74, 6) is -2.48. The fraction of sp³-hybridized carbons (Fsp3) is 0.143. The van der Waals surface area contributed by atoms with Gasteiger partial charge in [-0.15, -0.1) is 0 Å². The van der Waals surface area contributed by atoms with Crippen LogP contribution in [0.5, 0.6) is 0 Å². The van der Waals surface area contributed by atoms with Gasteiger partial charge < -0.3 is 19.8 Å². The van der Waals surface area contributed by atoms with E-state index in [0.717, 1.165) is 12.1 Å². The van der Waals surface area contributed by atoms with Gasteiger partial charge in [0.25, 0.3) is 5.91 Å². The number of hydrogen-bond acceptors (Lipinski definition) is 5. The SMILES string of the molecule is C[C@@H](OC(=O)c1ccccc1NCc1ccco1)C(=O)Nc1ccc(F)cc1F. The molecular formula is C21H18F2N2O4. The van der Waals surface area contributed by atoms with Crippen molar-refractivity contribution < 1.29 is 27.5 Å². The van der Waals surface area contributed by atoms with Gasteiger partial charge in [-0.2, -0.15) is 0 Å². The molecule has 0 aliphatic heterocycles. The Balaban J connectivity index is 1.63. The molecule has 0 aliphatic carbocycles. The summed E-state index contributed by atoms with van der Waals surface area (Å²) < 4.78 is 37.1. The Hall–Kier alpha value is -3.68. The van der Waals surface area contributed by atoms with Crippen LogP contribution in [0.4, 0.5) is 20.2 Å². The van der Waals surface area contributed by atoms with Gasteiger partial charge in [-0.3, -0.25) is 4.79 Å². The van der Waals surface area contributed by atoms with Gasteiger partial charge in [-0.05, 0) is 43.3 Å². The zero-order valence-electron chi connectivity index (χ0n) is 15.4. The fourth-order valence-corrected chi connectivity index (χ4v) is 2.51. The van der Waals surface area contributed by atoms with Crippen LogP contribution in [0.1, 0.15) is 23.0 Å². The fourth-order valence-electron chi connectivity index (χ4n) is 2.51. The Morgan fingerprint density at radius 3 is 2.59 bits per heavy atom. The predicted molar refractivity (Wildman–Crippen MR) is 102 cm³/mol. The Kier molecular flexibility index (Phi) is 6.23. The topological polar surface area (TPSA) is 80.6 Å². The second-order valence-electron chi connectivity index (χ2n) is 6.14. The summed E-state index contributed by atoms with van der Waals surface area (Å²) >= 11 is 0. The average Bonchev–Trinajstić information content (AvgIpc) is 3.22. The van der Waals surface area contributed by atoms with Crippen LogP contribution >= 0.6 is 0 Å². The van der Waals surface area contributed by atoms with E-state index in [1.165, 1.54) is 6.92 Å². The molecule has 2 N–H and O–H groups in total. The highest BCUT2D eigenvalue weighted by atomic mass is 19.1. The van der Waals surface area contributed by atoms with Gasteiger partial charge in [-0.1, -0.05) is 12.1 Å². The van der Waals surface area contributed by atoms with E-state index >= 15 is 0 Å². The number of carbonyl (C=O) groups is 2. The van der Waals surface area contributed by atoms with E-state index in [-0.39, 0.29) is 11.3 Å². The second-order valence-corrected chi connectivity index (χ2v) is 6.14. The summed E-state index contributed by atoms with van der Waals surface area (Å²) in [5.41, 5.74) is 0.526. The van der Waals surface area contributed by atoms with Gasteiger partial charge >= 0.3 is 5.97 Å². The van der Waals surface area contributed by atoms with Gasteiger partial charge in [0.05, 0.1) is 24.1 Å². The van der Waals surface area contributed by atoms with E-state index in [2.05, 4.69) is 10.6 Å². The lowest BCUT2D eigenvalue weighted by molar-refractivity contribution is -0.123. The van der Waals surface area contributed by atoms with Crippen molar-refractivity contribution in [2.24, 2.45) is 0 Å². The largest absolute Gasteiger partial charge is 0.467 e. The lowest BCUT2D eigenvalue weighted by atomic mass is 10.1. The van der Waals surface area contributed by atoms with E-state index in [1.807, 2.05) is 0 Å². The lowest BCUT2D eigenvalue weighted by Gasteiger charge is -2.16. The number of halogens is 2. The molecule has 1 aromatic heterocycles. The molecule has 0 fully saturated rings. The van der Waals surface area contributed by atoms with Crippen molar-refractivity contribution >= 4 is 23.3 Å². The molecule has 0 unspecified atom stereocenters. The minimum Gasteiger partial charge on any atom is -0.467 e. The number of amides is 1. The van der Waals surface area contributed by atoms with E-state index in [9.17, 15) is 18.4 Å². The molecule has 0 spiro atoms. The number of para-hydroxylation sites is 1. The number of furan rings is 1. The van der Waals surface area contributed by atoms with Crippen molar-refractivity contribution in [2.75, 3.05) is 10.6 Å². The van der Waals surface area contributed by atoms with E-state index in [1.54, 1.807) is 42.7 Å². The maximum Gasteiger partial charge on any atom is 0.341 e. The molecule has 0 aliphatic rings. The van der Waals surface area contributed by atoms with Crippen molar-refractivity contribution in [2.45, 2.75) is 19.6 Å². The molecule has 0 saturated heterocycles. The third-order valence-corrected chi connectivity index (χ3v) is 4.02. The zero-order valence-corrected chi connectivity index (χ0v) is 15.4. The van der Waals surface area contributed by atoms with Crippen molar-refractivity contribution in [1.82, 2.24) is 0 Å². The Morgan fingerprint density at radius 1 is 1.07 bits per heavy atom. The van der Waals surface area contributed by atoms with E-state index in [4.69, 9.17) is 9.15 Å². The van der Waals surface area contributed by atoms with Crippen molar-refractivity contribution in [1.29, 1.82) is 0 Å². The molecule has 0 radical (unpaired) electrons. The zero-order chi connectivity index (χ0) is 20.8. The molecule has 8 heteroatoms. The number of rotatable bonds is 7. The first-order valence-electron chi connectivity index (χ1n) is 8.76.